The van der Waals surface area contributed by atoms with Crippen LogP contribution in [0.4, 0.5) is 11.5 Å². The van der Waals surface area contributed by atoms with Crippen molar-refractivity contribution in [3.05, 3.63) is 119 Å². The van der Waals surface area contributed by atoms with Gasteiger partial charge in [0.1, 0.15) is 5.82 Å². The first kappa shape index (κ1) is 23.7. The molecule has 7 rings (SSSR count). The van der Waals surface area contributed by atoms with Crippen molar-refractivity contribution < 1.29 is 0 Å². The van der Waals surface area contributed by atoms with Crippen LogP contribution in [0.25, 0.3) is 44.9 Å². The van der Waals surface area contributed by atoms with Gasteiger partial charge in [0, 0.05) is 59.1 Å². The van der Waals surface area contributed by atoms with Crippen LogP contribution in [0, 0.1) is 0 Å². The maximum Gasteiger partial charge on any atom is 0.111 e. The van der Waals surface area contributed by atoms with E-state index in [1.807, 2.05) is 7.05 Å². The summed E-state index contributed by atoms with van der Waals surface area (Å²) in [6.07, 6.45) is 8.89. The predicted octanol–water partition coefficient (Wildman–Crippen LogP) is 8.89. The Morgan fingerprint density at radius 2 is 1.67 bits per heavy atom. The van der Waals surface area contributed by atoms with Gasteiger partial charge in [-0.05, 0) is 29.3 Å². The molecule has 4 nitrogen and oxygen atoms in total. The molecule has 1 aliphatic rings. The van der Waals surface area contributed by atoms with E-state index in [-0.39, 0.29) is 6.04 Å². The van der Waals surface area contributed by atoms with Crippen LogP contribution in [-0.2, 0) is 6.54 Å². The molecule has 2 N–H and O–H groups in total. The quantitative estimate of drug-likeness (QED) is 0.234. The number of nitrogens with one attached hydrogen (secondary N) is 2. The monoisotopic (exact) mass is 528 g/mol. The van der Waals surface area contributed by atoms with Gasteiger partial charge < -0.3 is 19.8 Å². The average molecular weight is 529 g/mol. The SMILES string of the molecule is CNc1[nH]c2ccccc2c1/C=C\Cn1c2ccccc2c2ccc(C3C=Cc4ccccc4N3C)c(Cl)c21. The van der Waals surface area contributed by atoms with E-state index in [4.69, 9.17) is 11.6 Å². The number of anilines is 2. The first-order valence-corrected chi connectivity index (χ1v) is 13.7. The highest BCUT2D eigenvalue weighted by molar-refractivity contribution is 6.37. The fraction of sp³-hybridized carbons (Fsp3) is 0.118. The van der Waals surface area contributed by atoms with E-state index in [0.29, 0.717) is 6.54 Å². The molecule has 6 aromatic rings. The number of rotatable bonds is 5. The van der Waals surface area contributed by atoms with Crippen LogP contribution in [0.2, 0.25) is 5.02 Å². The van der Waals surface area contributed by atoms with Gasteiger partial charge in [0.15, 0.2) is 0 Å². The first-order valence-electron chi connectivity index (χ1n) is 13.3. The number of H-pyrrole nitrogens is 1. The third-order valence-corrected chi connectivity index (χ3v) is 8.38. The number of aromatic amines is 1. The minimum atomic E-state index is 0.0585. The van der Waals surface area contributed by atoms with Crippen molar-refractivity contribution in [3.8, 4) is 0 Å². The van der Waals surface area contributed by atoms with Gasteiger partial charge in [-0.15, -0.1) is 0 Å². The van der Waals surface area contributed by atoms with Crippen LogP contribution in [0.15, 0.2) is 97.1 Å². The van der Waals surface area contributed by atoms with Crippen molar-refractivity contribution in [1.29, 1.82) is 0 Å². The molecule has 0 aliphatic carbocycles. The van der Waals surface area contributed by atoms with Gasteiger partial charge in [-0.2, -0.15) is 0 Å². The normalized spacial score (nSPS) is 15.2. The lowest BCUT2D eigenvalue weighted by molar-refractivity contribution is 0.804. The van der Waals surface area contributed by atoms with Crippen LogP contribution in [0.5, 0.6) is 0 Å². The second-order valence-corrected chi connectivity index (χ2v) is 10.5. The number of likely N-dealkylation sites (N-methyl/N-ethyl adjacent to an activating group) is 1. The second-order valence-electron chi connectivity index (χ2n) is 10.1. The van der Waals surface area contributed by atoms with Crippen molar-refractivity contribution in [1.82, 2.24) is 9.55 Å². The number of benzene rings is 4. The Labute approximate surface area is 232 Å². The summed E-state index contributed by atoms with van der Waals surface area (Å²) in [6, 6.07) is 30.0. The third-order valence-electron chi connectivity index (χ3n) is 7.98. The molecule has 4 aromatic carbocycles. The molecule has 0 saturated heterocycles. The molecule has 0 radical (unpaired) electrons. The van der Waals surface area contributed by atoms with E-state index in [9.17, 15) is 0 Å². The zero-order chi connectivity index (χ0) is 26.5. The molecule has 1 unspecified atom stereocenters. The molecule has 192 valence electrons. The Morgan fingerprint density at radius 1 is 0.897 bits per heavy atom. The summed E-state index contributed by atoms with van der Waals surface area (Å²) in [4.78, 5) is 5.79. The van der Waals surface area contributed by atoms with Gasteiger partial charge in [-0.3, -0.25) is 0 Å². The highest BCUT2D eigenvalue weighted by Gasteiger charge is 2.25. The number of hydrogen-bond donors (Lipinski definition) is 2. The fourth-order valence-electron chi connectivity index (χ4n) is 6.08. The Kier molecular flexibility index (Phi) is 5.71. The van der Waals surface area contributed by atoms with Gasteiger partial charge in [-0.1, -0.05) is 103 Å². The molecule has 0 fully saturated rings. The fourth-order valence-corrected chi connectivity index (χ4v) is 6.46. The molecule has 0 spiro atoms. The molecule has 0 bridgehead atoms. The van der Waals surface area contributed by atoms with Gasteiger partial charge >= 0.3 is 0 Å². The summed E-state index contributed by atoms with van der Waals surface area (Å²) in [5.41, 5.74) is 8.09. The Hall–Kier alpha value is -4.41. The van der Waals surface area contributed by atoms with Crippen LogP contribution in [-0.4, -0.2) is 23.6 Å². The molecule has 2 aromatic heterocycles. The van der Waals surface area contributed by atoms with Crippen molar-refractivity contribution in [2.75, 3.05) is 24.3 Å². The highest BCUT2D eigenvalue weighted by Crippen LogP contribution is 2.42. The van der Waals surface area contributed by atoms with Crippen molar-refractivity contribution in [2.45, 2.75) is 12.6 Å². The number of halogens is 1. The largest absolute Gasteiger partial charge is 0.374 e. The number of aromatic nitrogens is 2. The standard InChI is InChI=1S/C34H29ClN4/c1-36-34-26(23-11-4-6-14-28(23)37-34)13-9-21-39-31-16-8-5-12-24(31)25-18-19-27(32(35)33(25)39)30-20-17-22-10-3-7-15-29(22)38(30)2/h3-20,30,36-37H,21H2,1-2H3/b13-9-. The molecule has 1 atom stereocenters. The molecular weight excluding hydrogens is 500 g/mol. The third kappa shape index (κ3) is 3.75. The van der Waals surface area contributed by atoms with Crippen LogP contribution >= 0.6 is 11.6 Å². The topological polar surface area (TPSA) is 36.0 Å². The van der Waals surface area contributed by atoms with E-state index in [1.54, 1.807) is 0 Å². The molecule has 1 aliphatic heterocycles. The van der Waals surface area contributed by atoms with E-state index < -0.39 is 0 Å². The average Bonchev–Trinajstić information content (AvgIpc) is 3.50. The molecular formula is C34H29ClN4. The number of hydrogen-bond acceptors (Lipinski definition) is 2. The van der Waals surface area contributed by atoms with Crippen molar-refractivity contribution in [3.63, 3.8) is 0 Å². The highest BCUT2D eigenvalue weighted by atomic mass is 35.5. The van der Waals surface area contributed by atoms with Crippen LogP contribution < -0.4 is 10.2 Å². The second kappa shape index (κ2) is 9.40. The summed E-state index contributed by atoms with van der Waals surface area (Å²) < 4.78 is 2.35. The van der Waals surface area contributed by atoms with Gasteiger partial charge in [0.05, 0.1) is 16.6 Å². The summed E-state index contributed by atoms with van der Waals surface area (Å²) in [5, 5.41) is 7.71. The van der Waals surface area contributed by atoms with E-state index >= 15 is 0 Å². The lowest BCUT2D eigenvalue weighted by Gasteiger charge is -2.33. The smallest absolute Gasteiger partial charge is 0.111 e. The van der Waals surface area contributed by atoms with Crippen LogP contribution in [0.3, 0.4) is 0 Å². The summed E-state index contributed by atoms with van der Waals surface area (Å²) in [5.74, 6) is 1.02. The minimum absolute atomic E-state index is 0.0585. The van der Waals surface area contributed by atoms with Gasteiger partial charge in [0.2, 0.25) is 0 Å². The lowest BCUT2D eigenvalue weighted by Crippen LogP contribution is -2.25. The number of fused-ring (bicyclic) bond motifs is 5. The van der Waals surface area contributed by atoms with Crippen LogP contribution in [0.1, 0.15) is 22.7 Å². The molecule has 0 amide bonds. The van der Waals surface area contributed by atoms with Crippen molar-refractivity contribution >= 4 is 68.0 Å². The molecule has 39 heavy (non-hydrogen) atoms. The van der Waals surface area contributed by atoms with E-state index in [2.05, 4.69) is 136 Å². The summed E-state index contributed by atoms with van der Waals surface area (Å²) >= 11 is 7.33. The number of allylic oxidation sites excluding steroid dienone is 1. The Balaban J connectivity index is 1.34. The van der Waals surface area contributed by atoms with Gasteiger partial charge in [-0.25, -0.2) is 0 Å². The first-order chi connectivity index (χ1) is 19.2. The zero-order valence-electron chi connectivity index (χ0n) is 21.9. The number of nitrogens with zero attached hydrogens (tertiary/aromatic N) is 2. The maximum absolute atomic E-state index is 7.33. The van der Waals surface area contributed by atoms with E-state index in [1.165, 1.54) is 32.9 Å². The molecule has 0 saturated carbocycles. The molecule has 3 heterocycles. The van der Waals surface area contributed by atoms with Crippen molar-refractivity contribution in [2.24, 2.45) is 0 Å². The summed E-state index contributed by atoms with van der Waals surface area (Å²) in [7, 11) is 4.10. The summed E-state index contributed by atoms with van der Waals surface area (Å²) in [6.45, 7) is 0.703. The maximum atomic E-state index is 7.33. The number of para-hydroxylation sites is 3. The molecule has 5 heteroatoms. The minimum Gasteiger partial charge on any atom is -0.374 e. The Bertz CT molecular complexity index is 1920. The Morgan fingerprint density at radius 3 is 2.54 bits per heavy atom. The van der Waals surface area contributed by atoms with Gasteiger partial charge in [0.25, 0.3) is 0 Å². The lowest BCUT2D eigenvalue weighted by atomic mass is 9.97. The predicted molar refractivity (Wildman–Crippen MR) is 168 cm³/mol. The zero-order valence-corrected chi connectivity index (χ0v) is 22.7. The van der Waals surface area contributed by atoms with E-state index in [0.717, 1.165) is 33.0 Å².